The number of nitrogens with zero attached hydrogens (tertiary/aromatic N) is 3. The number of esters is 1. The molecule has 0 unspecified atom stereocenters. The summed E-state index contributed by atoms with van der Waals surface area (Å²) in [6.07, 6.45) is 1.38. The molecule has 2 heterocycles. The van der Waals surface area contributed by atoms with E-state index in [0.29, 0.717) is 19.4 Å². The van der Waals surface area contributed by atoms with Crippen LogP contribution in [-0.4, -0.2) is 78.9 Å². The van der Waals surface area contributed by atoms with Gasteiger partial charge in [0.05, 0.1) is 13.0 Å². The Hall–Kier alpha value is -2.12. The first-order valence-corrected chi connectivity index (χ1v) is 6.85. The summed E-state index contributed by atoms with van der Waals surface area (Å²) in [4.78, 5) is 50.9. The van der Waals surface area contributed by atoms with Crippen molar-refractivity contribution in [3.05, 3.63) is 0 Å². The highest BCUT2D eigenvalue weighted by Crippen LogP contribution is 2.18. The molecule has 0 bridgehead atoms. The number of hydrogen-bond donors (Lipinski definition) is 0. The fourth-order valence-corrected chi connectivity index (χ4v) is 2.62. The number of carbonyl (C=O) groups is 4. The van der Waals surface area contributed by atoms with Gasteiger partial charge in [-0.25, -0.2) is 4.79 Å². The Balaban J connectivity index is 1.95. The Bertz CT molecular complexity index is 478. The second-order valence-electron chi connectivity index (χ2n) is 5.32. The standard InChI is InChI=1S/C13H19N3O5/c1-14-7-11(18)16(13(14)20)8-10(17)15-5-3-4-9(6-15)12(19)21-2/h9H,3-8H2,1-2H3/t9-/m0/s1. The van der Waals surface area contributed by atoms with Crippen LogP contribution in [0.1, 0.15) is 12.8 Å². The van der Waals surface area contributed by atoms with E-state index in [1.165, 1.54) is 24.0 Å². The fraction of sp³-hybridized carbons (Fsp3) is 0.692. The number of hydrogen-bond acceptors (Lipinski definition) is 5. The molecule has 4 amide bonds. The van der Waals surface area contributed by atoms with Gasteiger partial charge in [-0.3, -0.25) is 19.3 Å². The smallest absolute Gasteiger partial charge is 0.327 e. The molecule has 2 fully saturated rings. The lowest BCUT2D eigenvalue weighted by molar-refractivity contribution is -0.149. The van der Waals surface area contributed by atoms with Gasteiger partial charge in [0.25, 0.3) is 5.91 Å². The van der Waals surface area contributed by atoms with Crippen molar-refractivity contribution in [2.24, 2.45) is 5.92 Å². The number of amides is 4. The lowest BCUT2D eigenvalue weighted by Crippen LogP contribution is -2.48. The molecule has 116 valence electrons. The van der Waals surface area contributed by atoms with Crippen LogP contribution in [-0.2, 0) is 19.1 Å². The zero-order chi connectivity index (χ0) is 15.6. The first-order valence-electron chi connectivity index (χ1n) is 6.85. The van der Waals surface area contributed by atoms with Crippen molar-refractivity contribution in [1.82, 2.24) is 14.7 Å². The Morgan fingerprint density at radius 1 is 1.33 bits per heavy atom. The molecule has 2 aliphatic heterocycles. The average Bonchev–Trinajstić information content (AvgIpc) is 2.73. The second kappa shape index (κ2) is 6.11. The van der Waals surface area contributed by atoms with Gasteiger partial charge in [-0.2, -0.15) is 0 Å². The number of rotatable bonds is 3. The summed E-state index contributed by atoms with van der Waals surface area (Å²) in [6.45, 7) is 0.531. The summed E-state index contributed by atoms with van der Waals surface area (Å²) in [7, 11) is 2.83. The van der Waals surface area contributed by atoms with Crippen LogP contribution >= 0.6 is 0 Å². The van der Waals surface area contributed by atoms with E-state index in [-0.39, 0.29) is 43.3 Å². The van der Waals surface area contributed by atoms with E-state index in [1.807, 2.05) is 0 Å². The maximum Gasteiger partial charge on any atom is 0.327 e. The molecule has 2 aliphatic rings. The quantitative estimate of drug-likeness (QED) is 0.507. The molecule has 2 rings (SSSR count). The summed E-state index contributed by atoms with van der Waals surface area (Å²) in [5.74, 6) is -1.36. The number of likely N-dealkylation sites (N-methyl/N-ethyl adjacent to an activating group) is 1. The van der Waals surface area contributed by atoms with Gasteiger partial charge in [-0.15, -0.1) is 0 Å². The number of imide groups is 1. The normalized spacial score (nSPS) is 22.8. The fourth-order valence-electron chi connectivity index (χ4n) is 2.62. The Kier molecular flexibility index (Phi) is 4.44. The Labute approximate surface area is 122 Å². The minimum atomic E-state index is -0.463. The molecule has 21 heavy (non-hydrogen) atoms. The summed E-state index contributed by atoms with van der Waals surface area (Å²) >= 11 is 0. The summed E-state index contributed by atoms with van der Waals surface area (Å²) in [5.41, 5.74) is 0. The molecule has 8 heteroatoms. The van der Waals surface area contributed by atoms with Crippen LogP contribution in [0, 0.1) is 5.92 Å². The van der Waals surface area contributed by atoms with Crippen molar-refractivity contribution in [2.45, 2.75) is 12.8 Å². The van der Waals surface area contributed by atoms with Gasteiger partial charge in [0.1, 0.15) is 13.1 Å². The largest absolute Gasteiger partial charge is 0.469 e. The number of piperidine rings is 1. The van der Waals surface area contributed by atoms with Gasteiger partial charge in [-0.05, 0) is 12.8 Å². The summed E-state index contributed by atoms with van der Waals surface area (Å²) in [5, 5.41) is 0. The number of likely N-dealkylation sites (tertiary alicyclic amines) is 1. The van der Waals surface area contributed by atoms with Crippen molar-refractivity contribution in [1.29, 1.82) is 0 Å². The SMILES string of the molecule is COC(=O)[C@H]1CCCN(C(=O)CN2C(=O)CN(C)C2=O)C1. The second-order valence-corrected chi connectivity index (χ2v) is 5.32. The van der Waals surface area contributed by atoms with Crippen LogP contribution in [0.3, 0.4) is 0 Å². The number of ether oxygens (including phenoxy) is 1. The molecular weight excluding hydrogens is 278 g/mol. The molecule has 0 saturated carbocycles. The molecule has 0 N–H and O–H groups in total. The van der Waals surface area contributed by atoms with Crippen LogP contribution in [0.25, 0.3) is 0 Å². The molecule has 0 aromatic carbocycles. The number of methoxy groups -OCH3 is 1. The molecule has 0 aromatic rings. The van der Waals surface area contributed by atoms with E-state index in [9.17, 15) is 19.2 Å². The van der Waals surface area contributed by atoms with Crippen LogP contribution in [0.2, 0.25) is 0 Å². The van der Waals surface area contributed by atoms with Gasteiger partial charge in [0.15, 0.2) is 0 Å². The third kappa shape index (κ3) is 3.14. The van der Waals surface area contributed by atoms with Crippen molar-refractivity contribution >= 4 is 23.8 Å². The van der Waals surface area contributed by atoms with Gasteiger partial charge in [0.2, 0.25) is 5.91 Å². The zero-order valence-corrected chi connectivity index (χ0v) is 12.2. The number of urea groups is 1. The average molecular weight is 297 g/mol. The van der Waals surface area contributed by atoms with Crippen LogP contribution < -0.4 is 0 Å². The summed E-state index contributed by atoms with van der Waals surface area (Å²) < 4.78 is 4.70. The minimum absolute atomic E-state index is 0.00308. The van der Waals surface area contributed by atoms with E-state index in [2.05, 4.69) is 0 Å². The Morgan fingerprint density at radius 2 is 2.05 bits per heavy atom. The van der Waals surface area contributed by atoms with Crippen LogP contribution in [0.4, 0.5) is 4.79 Å². The van der Waals surface area contributed by atoms with E-state index in [1.54, 1.807) is 0 Å². The molecule has 1 atom stereocenters. The topological polar surface area (TPSA) is 87.2 Å². The van der Waals surface area contributed by atoms with Crippen LogP contribution in [0.15, 0.2) is 0 Å². The molecular formula is C13H19N3O5. The lowest BCUT2D eigenvalue weighted by Gasteiger charge is -2.32. The highest BCUT2D eigenvalue weighted by atomic mass is 16.5. The number of carbonyl (C=O) groups excluding carboxylic acids is 4. The van der Waals surface area contributed by atoms with E-state index >= 15 is 0 Å². The van der Waals surface area contributed by atoms with Gasteiger partial charge >= 0.3 is 12.0 Å². The minimum Gasteiger partial charge on any atom is -0.469 e. The molecule has 2 saturated heterocycles. The molecule has 0 aromatic heterocycles. The lowest BCUT2D eigenvalue weighted by atomic mass is 9.98. The Morgan fingerprint density at radius 3 is 2.62 bits per heavy atom. The monoisotopic (exact) mass is 297 g/mol. The first kappa shape index (κ1) is 15.3. The predicted molar refractivity (Wildman–Crippen MR) is 71.1 cm³/mol. The first-order chi connectivity index (χ1) is 9.93. The zero-order valence-electron chi connectivity index (χ0n) is 12.2. The van der Waals surface area contributed by atoms with E-state index < -0.39 is 6.03 Å². The van der Waals surface area contributed by atoms with Crippen molar-refractivity contribution < 1.29 is 23.9 Å². The molecule has 8 nitrogen and oxygen atoms in total. The van der Waals surface area contributed by atoms with E-state index in [4.69, 9.17) is 4.74 Å². The van der Waals surface area contributed by atoms with E-state index in [0.717, 1.165) is 4.90 Å². The third-order valence-electron chi connectivity index (χ3n) is 3.83. The molecule has 0 spiro atoms. The predicted octanol–water partition coefficient (Wildman–Crippen LogP) is -0.708. The van der Waals surface area contributed by atoms with Crippen molar-refractivity contribution in [3.8, 4) is 0 Å². The van der Waals surface area contributed by atoms with Crippen molar-refractivity contribution in [2.75, 3.05) is 40.3 Å². The van der Waals surface area contributed by atoms with Gasteiger partial charge in [0, 0.05) is 20.1 Å². The van der Waals surface area contributed by atoms with Crippen molar-refractivity contribution in [3.63, 3.8) is 0 Å². The third-order valence-corrected chi connectivity index (χ3v) is 3.83. The highest BCUT2D eigenvalue weighted by Gasteiger charge is 2.37. The van der Waals surface area contributed by atoms with Crippen LogP contribution in [0.5, 0.6) is 0 Å². The molecule has 0 radical (unpaired) electrons. The maximum absolute atomic E-state index is 12.2. The van der Waals surface area contributed by atoms with Gasteiger partial charge in [-0.1, -0.05) is 0 Å². The summed E-state index contributed by atoms with van der Waals surface area (Å²) in [6, 6.07) is -0.463. The van der Waals surface area contributed by atoms with Gasteiger partial charge < -0.3 is 14.5 Å². The molecule has 0 aliphatic carbocycles. The maximum atomic E-state index is 12.2. The highest BCUT2D eigenvalue weighted by molar-refractivity contribution is 6.04.